The van der Waals surface area contributed by atoms with Gasteiger partial charge in [-0.1, -0.05) is 0 Å². The van der Waals surface area contributed by atoms with Crippen molar-refractivity contribution in [2.75, 3.05) is 6.61 Å². The lowest BCUT2D eigenvalue weighted by Crippen LogP contribution is -2.51. The van der Waals surface area contributed by atoms with Crippen molar-refractivity contribution in [3.63, 3.8) is 0 Å². The molecule has 0 spiro atoms. The monoisotopic (exact) mass is 226 g/mol. The van der Waals surface area contributed by atoms with Crippen LogP contribution in [0.4, 0.5) is 0 Å². The van der Waals surface area contributed by atoms with E-state index in [1.54, 1.807) is 0 Å². The molecular formula is C7H14O8. The number of rotatable bonds is 6. The van der Waals surface area contributed by atoms with Crippen molar-refractivity contribution < 1.29 is 40.5 Å². The third-order valence-electron chi connectivity index (χ3n) is 1.86. The number of aliphatic hydroxyl groups is 6. The molecule has 90 valence electrons. The lowest BCUT2D eigenvalue weighted by atomic mass is 9.99. The number of aliphatic carboxylic acids is 1. The van der Waals surface area contributed by atoms with E-state index in [9.17, 15) is 4.79 Å². The van der Waals surface area contributed by atoms with Crippen LogP contribution in [0.1, 0.15) is 0 Å². The van der Waals surface area contributed by atoms with Crippen molar-refractivity contribution in [2.24, 2.45) is 0 Å². The van der Waals surface area contributed by atoms with Crippen molar-refractivity contribution in [3.05, 3.63) is 0 Å². The normalized spacial score (nSPS) is 21.5. The number of carboxylic acid groups (broad SMARTS) is 1. The molecule has 0 aromatic rings. The van der Waals surface area contributed by atoms with E-state index in [-0.39, 0.29) is 0 Å². The topological polar surface area (TPSA) is 159 Å². The fraction of sp³-hybridized carbons (Fsp3) is 0.857. The molecule has 7 N–H and O–H groups in total. The number of hydrogen-bond acceptors (Lipinski definition) is 7. The zero-order valence-corrected chi connectivity index (χ0v) is 7.63. The second-order valence-corrected chi connectivity index (χ2v) is 3.00. The van der Waals surface area contributed by atoms with E-state index in [2.05, 4.69) is 0 Å². The number of carbonyl (C=O) groups is 1. The molecule has 8 heteroatoms. The second-order valence-electron chi connectivity index (χ2n) is 3.00. The van der Waals surface area contributed by atoms with Crippen molar-refractivity contribution in [2.45, 2.75) is 30.5 Å². The van der Waals surface area contributed by atoms with Gasteiger partial charge in [-0.15, -0.1) is 0 Å². The third-order valence-corrected chi connectivity index (χ3v) is 1.86. The Hall–Kier alpha value is -0.770. The smallest absolute Gasteiger partial charge is 0.335 e. The highest BCUT2D eigenvalue weighted by molar-refractivity contribution is 5.72. The summed E-state index contributed by atoms with van der Waals surface area (Å²) in [7, 11) is 0. The Balaban J connectivity index is 4.42. The molecule has 0 amide bonds. The lowest BCUT2D eigenvalue weighted by molar-refractivity contribution is -0.169. The Labute approximate surface area is 84.7 Å². The Kier molecular flexibility index (Phi) is 5.65. The molecule has 0 aliphatic carbocycles. The predicted molar refractivity (Wildman–Crippen MR) is 44.8 cm³/mol. The van der Waals surface area contributed by atoms with Gasteiger partial charge in [-0.3, -0.25) is 0 Å². The molecule has 5 atom stereocenters. The van der Waals surface area contributed by atoms with E-state index in [0.29, 0.717) is 0 Å². The maximum absolute atomic E-state index is 10.2. The van der Waals surface area contributed by atoms with Gasteiger partial charge in [-0.25, -0.2) is 4.79 Å². The van der Waals surface area contributed by atoms with Crippen LogP contribution in [-0.4, -0.2) is 78.8 Å². The van der Waals surface area contributed by atoms with E-state index < -0.39 is 43.1 Å². The van der Waals surface area contributed by atoms with Crippen LogP contribution in [0.25, 0.3) is 0 Å². The van der Waals surface area contributed by atoms with Crippen LogP contribution in [0.15, 0.2) is 0 Å². The Morgan fingerprint density at radius 1 is 0.933 bits per heavy atom. The summed E-state index contributed by atoms with van der Waals surface area (Å²) in [6.07, 6.45) is -10.2. The average Bonchev–Trinajstić information content (AvgIpc) is 2.23. The van der Waals surface area contributed by atoms with Crippen LogP contribution in [0.5, 0.6) is 0 Å². The van der Waals surface area contributed by atoms with Gasteiger partial charge >= 0.3 is 5.97 Å². The summed E-state index contributed by atoms with van der Waals surface area (Å²) in [5.74, 6) is -1.78. The van der Waals surface area contributed by atoms with Gasteiger partial charge in [0.15, 0.2) is 6.10 Å². The largest absolute Gasteiger partial charge is 0.479 e. The van der Waals surface area contributed by atoms with Crippen molar-refractivity contribution in [1.29, 1.82) is 0 Å². The summed E-state index contributed by atoms with van der Waals surface area (Å²) in [5.41, 5.74) is 0. The molecule has 8 nitrogen and oxygen atoms in total. The molecule has 0 aliphatic rings. The molecule has 0 heterocycles. The van der Waals surface area contributed by atoms with E-state index in [1.807, 2.05) is 0 Å². The Morgan fingerprint density at radius 2 is 1.40 bits per heavy atom. The average molecular weight is 226 g/mol. The van der Waals surface area contributed by atoms with Crippen molar-refractivity contribution in [3.8, 4) is 0 Å². The van der Waals surface area contributed by atoms with Crippen LogP contribution in [0.2, 0.25) is 0 Å². The highest BCUT2D eigenvalue weighted by atomic mass is 16.4. The van der Waals surface area contributed by atoms with E-state index in [0.717, 1.165) is 0 Å². The van der Waals surface area contributed by atoms with Gasteiger partial charge in [-0.2, -0.15) is 0 Å². The minimum atomic E-state index is -2.29. The molecule has 0 aromatic carbocycles. The first-order valence-corrected chi connectivity index (χ1v) is 4.07. The molecule has 0 saturated carbocycles. The summed E-state index contributed by atoms with van der Waals surface area (Å²) in [5, 5.41) is 61.5. The van der Waals surface area contributed by atoms with Gasteiger partial charge in [0.2, 0.25) is 0 Å². The summed E-state index contributed by atoms with van der Waals surface area (Å²) < 4.78 is 0. The Morgan fingerprint density at radius 3 is 1.73 bits per heavy atom. The van der Waals surface area contributed by atoms with Crippen LogP contribution in [-0.2, 0) is 4.79 Å². The number of hydrogen-bond donors (Lipinski definition) is 7. The van der Waals surface area contributed by atoms with Gasteiger partial charge in [0.25, 0.3) is 0 Å². The summed E-state index contributed by atoms with van der Waals surface area (Å²) in [6.45, 7) is -0.881. The minimum absolute atomic E-state index is 0.881. The third kappa shape index (κ3) is 3.70. The van der Waals surface area contributed by atoms with E-state index >= 15 is 0 Å². The van der Waals surface area contributed by atoms with Gasteiger partial charge in [-0.05, 0) is 0 Å². The molecule has 0 fully saturated rings. The Bertz CT molecular complexity index is 207. The number of carboxylic acids is 1. The van der Waals surface area contributed by atoms with Crippen LogP contribution in [0, 0.1) is 0 Å². The maximum Gasteiger partial charge on any atom is 0.335 e. The van der Waals surface area contributed by atoms with E-state index in [1.165, 1.54) is 0 Å². The van der Waals surface area contributed by atoms with Crippen LogP contribution in [0.3, 0.4) is 0 Å². The fourth-order valence-corrected chi connectivity index (χ4v) is 0.870. The van der Waals surface area contributed by atoms with Gasteiger partial charge < -0.3 is 35.7 Å². The standard InChI is InChI=1S/C7H14O8/c8-1-2(9)3(10)4(11)5(12)6(13)7(14)15/h2-6,8-13H,1H2,(H,14,15)/t2-,3-,4+,5-,6-/m0/s1. The molecule has 0 unspecified atom stereocenters. The van der Waals surface area contributed by atoms with Crippen LogP contribution >= 0.6 is 0 Å². The lowest BCUT2D eigenvalue weighted by Gasteiger charge is -2.26. The molecule has 0 aromatic heterocycles. The summed E-state index contributed by atoms with van der Waals surface area (Å²) in [4.78, 5) is 10.2. The number of aliphatic hydroxyl groups excluding tert-OH is 6. The molecule has 0 bridgehead atoms. The summed E-state index contributed by atoms with van der Waals surface area (Å²) >= 11 is 0. The van der Waals surface area contributed by atoms with Crippen molar-refractivity contribution >= 4 is 5.97 Å². The van der Waals surface area contributed by atoms with Gasteiger partial charge in [0.05, 0.1) is 6.61 Å². The molecule has 0 saturated heterocycles. The van der Waals surface area contributed by atoms with Gasteiger partial charge in [0, 0.05) is 0 Å². The van der Waals surface area contributed by atoms with Crippen molar-refractivity contribution in [1.82, 2.24) is 0 Å². The molecular weight excluding hydrogens is 212 g/mol. The SMILES string of the molecule is O=C(O)[C@@H](O)[C@@H](O)[C@H](O)[C@@H](O)[C@@H](O)CO. The first-order chi connectivity index (χ1) is 6.82. The predicted octanol–water partition coefficient (Wildman–Crippen LogP) is -4.13. The minimum Gasteiger partial charge on any atom is -0.479 e. The second kappa shape index (κ2) is 5.95. The quantitative estimate of drug-likeness (QED) is 0.240. The first-order valence-electron chi connectivity index (χ1n) is 4.07. The zero-order chi connectivity index (χ0) is 12.2. The highest BCUT2D eigenvalue weighted by Crippen LogP contribution is 2.08. The van der Waals surface area contributed by atoms with E-state index in [4.69, 9.17) is 35.7 Å². The van der Waals surface area contributed by atoms with Gasteiger partial charge in [0.1, 0.15) is 24.4 Å². The molecule has 0 aliphatic heterocycles. The fourth-order valence-electron chi connectivity index (χ4n) is 0.870. The highest BCUT2D eigenvalue weighted by Gasteiger charge is 2.36. The summed E-state index contributed by atoms with van der Waals surface area (Å²) in [6, 6.07) is 0. The maximum atomic E-state index is 10.2. The first kappa shape index (κ1) is 14.2. The van der Waals surface area contributed by atoms with Crippen LogP contribution < -0.4 is 0 Å². The molecule has 0 radical (unpaired) electrons. The molecule has 0 rings (SSSR count). The zero-order valence-electron chi connectivity index (χ0n) is 7.63. The molecule has 15 heavy (non-hydrogen) atoms.